The molecule has 1 heterocycles. The van der Waals surface area contributed by atoms with Crippen LogP contribution in [0, 0.1) is 0 Å². The lowest BCUT2D eigenvalue weighted by Gasteiger charge is -2.19. The molecule has 1 aliphatic rings. The summed E-state index contributed by atoms with van der Waals surface area (Å²) in [5.41, 5.74) is 7.19. The number of amides is 1. The maximum Gasteiger partial charge on any atom is 0.228 e. The van der Waals surface area contributed by atoms with E-state index in [1.165, 1.54) is 18.7 Å². The van der Waals surface area contributed by atoms with Crippen LogP contribution < -0.4 is 10.6 Å². The first-order valence-corrected chi connectivity index (χ1v) is 8.07. The molecule has 2 rings (SSSR count). The number of rotatable bonds is 2. The van der Waals surface area contributed by atoms with Gasteiger partial charge in [0.25, 0.3) is 0 Å². The van der Waals surface area contributed by atoms with Gasteiger partial charge in [-0.15, -0.1) is 0 Å². The Hall–Kier alpha value is -0.530. The average Bonchev–Trinajstić information content (AvgIpc) is 2.63. The van der Waals surface area contributed by atoms with Gasteiger partial charge < -0.3 is 10.6 Å². The summed E-state index contributed by atoms with van der Waals surface area (Å²) < 4.78 is 1.68. The number of anilines is 2. The van der Waals surface area contributed by atoms with Crippen LogP contribution in [0.1, 0.15) is 13.3 Å². The second-order valence-electron chi connectivity index (χ2n) is 4.27. The highest BCUT2D eigenvalue weighted by atomic mass is 79.9. The van der Waals surface area contributed by atoms with Gasteiger partial charge in [0.1, 0.15) is 0 Å². The lowest BCUT2D eigenvalue weighted by molar-refractivity contribution is -0.117. The first kappa shape index (κ1) is 14.9. The van der Waals surface area contributed by atoms with E-state index in [0.29, 0.717) is 24.3 Å². The summed E-state index contributed by atoms with van der Waals surface area (Å²) in [5, 5.41) is 0.0384. The first-order chi connectivity index (χ1) is 8.88. The van der Waals surface area contributed by atoms with E-state index in [0.717, 1.165) is 8.95 Å². The quantitative estimate of drug-likeness (QED) is 0.764. The van der Waals surface area contributed by atoms with Crippen LogP contribution in [-0.2, 0) is 9.59 Å². The van der Waals surface area contributed by atoms with E-state index < -0.39 is 0 Å². The van der Waals surface area contributed by atoms with Crippen LogP contribution in [0.4, 0.5) is 11.4 Å². The van der Waals surface area contributed by atoms with Crippen LogP contribution in [0.5, 0.6) is 0 Å². The van der Waals surface area contributed by atoms with Crippen molar-refractivity contribution in [2.45, 2.75) is 18.6 Å². The monoisotopic (exact) mass is 406 g/mol. The molecule has 0 bridgehead atoms. The Morgan fingerprint density at radius 2 is 2.05 bits per heavy atom. The van der Waals surface area contributed by atoms with Crippen LogP contribution >= 0.6 is 43.6 Å². The molecule has 1 aliphatic heterocycles. The minimum atomic E-state index is -0.000303. The van der Waals surface area contributed by atoms with Crippen molar-refractivity contribution in [3.8, 4) is 0 Å². The summed E-state index contributed by atoms with van der Waals surface area (Å²) in [7, 11) is 0. The zero-order valence-electron chi connectivity index (χ0n) is 10.2. The van der Waals surface area contributed by atoms with Crippen LogP contribution in [0.2, 0.25) is 0 Å². The third-order valence-electron chi connectivity index (χ3n) is 2.78. The van der Waals surface area contributed by atoms with Crippen molar-refractivity contribution < 1.29 is 9.59 Å². The highest BCUT2D eigenvalue weighted by molar-refractivity contribution is 9.13. The molecule has 1 unspecified atom stereocenters. The molecule has 0 aliphatic carbocycles. The molecular formula is C12H12Br2N2O2S. The second-order valence-corrected chi connectivity index (χ2v) is 7.45. The number of nitrogen functional groups attached to an aromatic ring is 1. The molecule has 7 heteroatoms. The molecular weight excluding hydrogens is 396 g/mol. The van der Waals surface area contributed by atoms with Gasteiger partial charge in [-0.05, 0) is 44.0 Å². The Bertz CT molecular complexity index is 551. The smallest absolute Gasteiger partial charge is 0.228 e. The first-order valence-electron chi connectivity index (χ1n) is 5.60. The van der Waals surface area contributed by atoms with E-state index in [2.05, 4.69) is 31.9 Å². The van der Waals surface area contributed by atoms with Crippen molar-refractivity contribution in [2.75, 3.05) is 17.2 Å². The minimum Gasteiger partial charge on any atom is -0.397 e. The van der Waals surface area contributed by atoms with Gasteiger partial charge in [0, 0.05) is 34.1 Å². The molecule has 1 saturated heterocycles. The van der Waals surface area contributed by atoms with Crippen LogP contribution in [0.15, 0.2) is 21.1 Å². The number of nitrogens with two attached hydrogens (primary N) is 1. The van der Waals surface area contributed by atoms with Crippen molar-refractivity contribution in [3.05, 3.63) is 21.1 Å². The van der Waals surface area contributed by atoms with Gasteiger partial charge in [0.2, 0.25) is 5.91 Å². The Balaban J connectivity index is 2.25. The number of hydrogen-bond acceptors (Lipinski definition) is 4. The van der Waals surface area contributed by atoms with Crippen molar-refractivity contribution in [1.29, 1.82) is 0 Å². The van der Waals surface area contributed by atoms with E-state index in [1.54, 1.807) is 11.0 Å². The van der Waals surface area contributed by atoms with Crippen molar-refractivity contribution >= 4 is 66.0 Å². The standard InChI is InChI=1S/C12H12Br2N2O2S/c1-6(17)19-7-2-12(18)16(5-7)11-4-9(14)8(13)3-10(11)15/h3-4,7H,2,5,15H2,1H3. The van der Waals surface area contributed by atoms with Crippen molar-refractivity contribution in [2.24, 2.45) is 0 Å². The zero-order chi connectivity index (χ0) is 14.2. The fraction of sp³-hybridized carbons (Fsp3) is 0.333. The molecule has 4 nitrogen and oxygen atoms in total. The van der Waals surface area contributed by atoms with Gasteiger partial charge in [-0.3, -0.25) is 9.59 Å². The Morgan fingerprint density at radius 1 is 1.42 bits per heavy atom. The number of hydrogen-bond donors (Lipinski definition) is 1. The number of carbonyl (C=O) groups excluding carboxylic acids is 2. The summed E-state index contributed by atoms with van der Waals surface area (Å²) in [5.74, 6) is -0.000303. The van der Waals surface area contributed by atoms with Gasteiger partial charge in [-0.25, -0.2) is 0 Å². The van der Waals surface area contributed by atoms with Crippen LogP contribution in [-0.4, -0.2) is 22.8 Å². The van der Waals surface area contributed by atoms with E-state index >= 15 is 0 Å². The van der Waals surface area contributed by atoms with E-state index in [9.17, 15) is 9.59 Å². The largest absolute Gasteiger partial charge is 0.397 e. The predicted molar refractivity (Wildman–Crippen MR) is 85.3 cm³/mol. The molecule has 1 atom stereocenters. The molecule has 0 radical (unpaired) electrons. The van der Waals surface area contributed by atoms with Crippen molar-refractivity contribution in [1.82, 2.24) is 0 Å². The fourth-order valence-corrected chi connectivity index (χ4v) is 3.62. The molecule has 0 saturated carbocycles. The van der Waals surface area contributed by atoms with Crippen LogP contribution in [0.25, 0.3) is 0 Å². The predicted octanol–water partition coefficient (Wildman–Crippen LogP) is 3.18. The average molecular weight is 408 g/mol. The molecule has 0 aromatic heterocycles. The molecule has 1 aromatic rings. The topological polar surface area (TPSA) is 63.4 Å². The molecule has 102 valence electrons. The molecule has 2 N–H and O–H groups in total. The molecule has 1 aromatic carbocycles. The number of carbonyl (C=O) groups is 2. The lowest BCUT2D eigenvalue weighted by atomic mass is 10.2. The summed E-state index contributed by atoms with van der Waals surface area (Å²) >= 11 is 7.99. The van der Waals surface area contributed by atoms with E-state index in [1.807, 2.05) is 6.07 Å². The van der Waals surface area contributed by atoms with E-state index in [-0.39, 0.29) is 16.3 Å². The number of halogens is 2. The fourth-order valence-electron chi connectivity index (χ4n) is 2.01. The van der Waals surface area contributed by atoms with Gasteiger partial charge in [-0.2, -0.15) is 0 Å². The third-order valence-corrected chi connectivity index (χ3v) is 5.61. The van der Waals surface area contributed by atoms with Crippen LogP contribution in [0.3, 0.4) is 0 Å². The lowest BCUT2D eigenvalue weighted by Crippen LogP contribution is -2.26. The molecule has 19 heavy (non-hydrogen) atoms. The normalized spacial score (nSPS) is 19.0. The summed E-state index contributed by atoms with van der Waals surface area (Å²) in [6.07, 6.45) is 0.372. The summed E-state index contributed by atoms with van der Waals surface area (Å²) in [6, 6.07) is 3.58. The van der Waals surface area contributed by atoms with Crippen molar-refractivity contribution in [3.63, 3.8) is 0 Å². The molecule has 1 amide bonds. The van der Waals surface area contributed by atoms with E-state index in [4.69, 9.17) is 5.73 Å². The summed E-state index contributed by atoms with van der Waals surface area (Å²) in [6.45, 7) is 2.03. The van der Waals surface area contributed by atoms with Gasteiger partial charge in [0.05, 0.1) is 11.4 Å². The number of benzene rings is 1. The SMILES string of the molecule is CC(=O)SC1CC(=O)N(c2cc(Br)c(Br)cc2N)C1. The zero-order valence-corrected chi connectivity index (χ0v) is 14.1. The minimum absolute atomic E-state index is 0.000303. The Labute approximate surface area is 132 Å². The highest BCUT2D eigenvalue weighted by Crippen LogP contribution is 2.37. The number of nitrogens with zero attached hydrogens (tertiary/aromatic N) is 1. The Kier molecular flexibility index (Phi) is 4.58. The number of thioether (sulfide) groups is 1. The maximum atomic E-state index is 12.0. The Morgan fingerprint density at radius 3 is 2.68 bits per heavy atom. The van der Waals surface area contributed by atoms with Gasteiger partial charge >= 0.3 is 0 Å². The third kappa shape index (κ3) is 3.32. The van der Waals surface area contributed by atoms with Gasteiger partial charge in [0.15, 0.2) is 5.12 Å². The maximum absolute atomic E-state index is 12.0. The van der Waals surface area contributed by atoms with Gasteiger partial charge in [-0.1, -0.05) is 11.8 Å². The second kappa shape index (κ2) is 5.85. The summed E-state index contributed by atoms with van der Waals surface area (Å²) in [4.78, 5) is 24.8. The molecule has 1 fully saturated rings. The molecule has 0 spiro atoms. The highest BCUT2D eigenvalue weighted by Gasteiger charge is 2.33.